The average molecular weight is 510 g/mol. The zero-order valence-corrected chi connectivity index (χ0v) is 22.2. The molecule has 1 saturated carbocycles. The van der Waals surface area contributed by atoms with Gasteiger partial charge in [0.15, 0.2) is 0 Å². The van der Waals surface area contributed by atoms with Crippen LogP contribution in [-0.2, 0) is 5.41 Å². The van der Waals surface area contributed by atoms with Crippen LogP contribution in [0.4, 0.5) is 15.8 Å². The maximum atomic E-state index is 13.6. The monoisotopic (exact) mass is 509 g/mol. The third kappa shape index (κ3) is 4.33. The van der Waals surface area contributed by atoms with Gasteiger partial charge in [-0.2, -0.15) is 0 Å². The van der Waals surface area contributed by atoms with Crippen molar-refractivity contribution < 1.29 is 9.18 Å². The van der Waals surface area contributed by atoms with E-state index in [0.717, 1.165) is 18.7 Å². The highest BCUT2D eigenvalue weighted by Crippen LogP contribution is 2.48. The summed E-state index contributed by atoms with van der Waals surface area (Å²) in [5, 5.41) is 2.75. The quantitative estimate of drug-likeness (QED) is 0.376. The fourth-order valence-electron chi connectivity index (χ4n) is 7.23. The number of benzene rings is 3. The number of anilines is 2. The number of halogens is 1. The van der Waals surface area contributed by atoms with E-state index in [9.17, 15) is 9.18 Å². The number of carbonyl (C=O) groups excluding carboxylic acids is 1. The smallest absolute Gasteiger partial charge is 0.255 e. The minimum Gasteiger partial charge on any atom is -0.397 e. The normalized spacial score (nSPS) is 26.6. The van der Waals surface area contributed by atoms with Crippen LogP contribution in [0.2, 0.25) is 0 Å². The highest BCUT2D eigenvalue weighted by Gasteiger charge is 2.45. The largest absolute Gasteiger partial charge is 0.397 e. The van der Waals surface area contributed by atoms with Gasteiger partial charge in [0.05, 0.1) is 11.4 Å². The first kappa shape index (κ1) is 24.9. The van der Waals surface area contributed by atoms with Crippen LogP contribution in [0.3, 0.4) is 0 Å². The molecule has 0 radical (unpaired) electrons. The van der Waals surface area contributed by atoms with Gasteiger partial charge in [0, 0.05) is 23.6 Å². The molecule has 5 heteroatoms. The van der Waals surface area contributed by atoms with Crippen molar-refractivity contribution in [1.29, 1.82) is 0 Å². The van der Waals surface area contributed by atoms with Gasteiger partial charge in [0.1, 0.15) is 5.82 Å². The number of nitrogen functional groups attached to an aromatic ring is 1. The Labute approximate surface area is 224 Å². The summed E-state index contributed by atoms with van der Waals surface area (Å²) in [5.41, 5.74) is 12.7. The summed E-state index contributed by atoms with van der Waals surface area (Å²) in [4.78, 5) is 15.6. The van der Waals surface area contributed by atoms with Gasteiger partial charge in [-0.15, -0.1) is 0 Å². The average Bonchev–Trinajstić information content (AvgIpc) is 3.54. The van der Waals surface area contributed by atoms with Crippen LogP contribution in [-0.4, -0.2) is 29.9 Å². The molecule has 3 N–H and O–H groups in total. The van der Waals surface area contributed by atoms with E-state index in [4.69, 9.17) is 5.73 Å². The van der Waals surface area contributed by atoms with Crippen molar-refractivity contribution in [2.45, 2.75) is 56.9 Å². The molecule has 4 nitrogen and oxygen atoms in total. The third-order valence-electron chi connectivity index (χ3n) is 9.38. The van der Waals surface area contributed by atoms with E-state index in [0.29, 0.717) is 34.8 Å². The fraction of sp³-hybridized carbons (Fsp3) is 0.364. The lowest BCUT2D eigenvalue weighted by atomic mass is 9.68. The summed E-state index contributed by atoms with van der Waals surface area (Å²) in [6, 6.07) is 19.4. The zero-order valence-electron chi connectivity index (χ0n) is 22.2. The molecule has 196 valence electrons. The first-order valence-electron chi connectivity index (χ1n) is 13.8. The summed E-state index contributed by atoms with van der Waals surface area (Å²) in [5.74, 6) is 0.385. The molecule has 38 heavy (non-hydrogen) atoms. The van der Waals surface area contributed by atoms with Gasteiger partial charge >= 0.3 is 0 Å². The van der Waals surface area contributed by atoms with Crippen LogP contribution < -0.4 is 11.1 Å². The predicted octanol–water partition coefficient (Wildman–Crippen LogP) is 6.91. The molecule has 1 aliphatic heterocycles. The molecule has 2 fully saturated rings. The number of fused-ring (bicyclic) bond motifs is 2. The van der Waals surface area contributed by atoms with Gasteiger partial charge in [0.2, 0.25) is 0 Å². The summed E-state index contributed by atoms with van der Waals surface area (Å²) in [6.45, 7) is 6.79. The fourth-order valence-corrected chi connectivity index (χ4v) is 7.23. The van der Waals surface area contributed by atoms with Crippen LogP contribution in [0.25, 0.3) is 6.08 Å². The minimum absolute atomic E-state index is 0.189. The maximum absolute atomic E-state index is 13.6. The molecule has 3 unspecified atom stereocenters. The molecule has 1 spiro atoms. The Morgan fingerprint density at radius 2 is 1.95 bits per heavy atom. The van der Waals surface area contributed by atoms with Crippen molar-refractivity contribution in [2.75, 3.05) is 24.1 Å². The van der Waals surface area contributed by atoms with Crippen molar-refractivity contribution in [1.82, 2.24) is 4.90 Å². The molecule has 1 amide bonds. The van der Waals surface area contributed by atoms with Crippen LogP contribution in [0.15, 0.2) is 66.7 Å². The molecule has 0 aromatic heterocycles. The Morgan fingerprint density at radius 3 is 2.76 bits per heavy atom. The second-order valence-corrected chi connectivity index (χ2v) is 11.5. The van der Waals surface area contributed by atoms with Gasteiger partial charge in [-0.25, -0.2) is 4.39 Å². The maximum Gasteiger partial charge on any atom is 0.255 e. The van der Waals surface area contributed by atoms with E-state index in [1.807, 2.05) is 12.1 Å². The number of carbonyl (C=O) groups is 1. The molecule has 3 aromatic rings. The standard InChI is InChI=1S/C33H36FN3O/c1-21-17-25(32(38)36-31-19-26(34)9-12-30(31)35)8-11-28(21)24-7-10-27(18-24)37-16-15-33(22(2)20-37)14-13-23-5-3-4-6-29(23)33/h3-6,8-9,11-14,17,19,22,24,27H,7,10,15-16,18,20,35H2,1-2H3,(H,36,38)/t22-,24?,27?,33?/m0/s1. The number of nitrogens with zero attached hydrogens (tertiary/aromatic N) is 1. The number of amides is 1. The van der Waals surface area contributed by atoms with Gasteiger partial charge < -0.3 is 16.0 Å². The highest BCUT2D eigenvalue weighted by molar-refractivity contribution is 6.05. The lowest BCUT2D eigenvalue weighted by Crippen LogP contribution is -2.50. The van der Waals surface area contributed by atoms with Crippen molar-refractivity contribution >= 4 is 23.4 Å². The van der Waals surface area contributed by atoms with Gasteiger partial charge in [0.25, 0.3) is 5.91 Å². The SMILES string of the molecule is Cc1cc(C(=O)Nc2cc(F)ccc2N)ccc1C1CCC(N2CCC3(C=Cc4ccccc43)[C@@H](C)C2)C1. The highest BCUT2D eigenvalue weighted by atomic mass is 19.1. The predicted molar refractivity (Wildman–Crippen MR) is 153 cm³/mol. The summed E-state index contributed by atoms with van der Waals surface area (Å²) < 4.78 is 13.6. The Bertz CT molecular complexity index is 1420. The number of likely N-dealkylation sites (tertiary alicyclic amines) is 1. The summed E-state index contributed by atoms with van der Waals surface area (Å²) >= 11 is 0. The van der Waals surface area contributed by atoms with Crippen molar-refractivity contribution in [2.24, 2.45) is 5.92 Å². The minimum atomic E-state index is -0.431. The molecule has 2 aliphatic carbocycles. The molecule has 4 atom stereocenters. The van der Waals surface area contributed by atoms with E-state index in [1.54, 1.807) is 0 Å². The summed E-state index contributed by atoms with van der Waals surface area (Å²) in [7, 11) is 0. The van der Waals surface area contributed by atoms with E-state index in [-0.39, 0.29) is 11.3 Å². The van der Waals surface area contributed by atoms with Gasteiger partial charge in [-0.05, 0) is 104 Å². The van der Waals surface area contributed by atoms with E-state index >= 15 is 0 Å². The number of rotatable bonds is 4. The number of hydrogen-bond acceptors (Lipinski definition) is 3. The molecular weight excluding hydrogens is 473 g/mol. The second-order valence-electron chi connectivity index (χ2n) is 11.5. The first-order valence-corrected chi connectivity index (χ1v) is 13.8. The van der Waals surface area contributed by atoms with Crippen molar-refractivity contribution in [3.63, 3.8) is 0 Å². The molecule has 3 aliphatic rings. The van der Waals surface area contributed by atoms with Crippen LogP contribution in [0.1, 0.15) is 71.1 Å². The van der Waals surface area contributed by atoms with E-state index in [1.165, 1.54) is 60.6 Å². The lowest BCUT2D eigenvalue weighted by Gasteiger charge is -2.46. The molecular formula is C33H36FN3O. The number of piperidine rings is 1. The van der Waals surface area contributed by atoms with Crippen LogP contribution in [0, 0.1) is 18.7 Å². The Balaban J connectivity index is 1.11. The number of nitrogens with two attached hydrogens (primary N) is 1. The third-order valence-corrected chi connectivity index (χ3v) is 9.38. The molecule has 0 bridgehead atoms. The van der Waals surface area contributed by atoms with Gasteiger partial charge in [-0.1, -0.05) is 49.4 Å². The molecule has 3 aromatic carbocycles. The molecule has 6 rings (SSSR count). The molecule has 1 saturated heterocycles. The molecule has 1 heterocycles. The van der Waals surface area contributed by atoms with Crippen molar-refractivity contribution in [3.05, 3.63) is 100 Å². The van der Waals surface area contributed by atoms with Crippen LogP contribution in [0.5, 0.6) is 0 Å². The van der Waals surface area contributed by atoms with E-state index in [2.05, 4.69) is 66.5 Å². The number of aryl methyl sites for hydroxylation is 1. The topological polar surface area (TPSA) is 58.4 Å². The second kappa shape index (κ2) is 9.70. The number of hydrogen-bond donors (Lipinski definition) is 2. The van der Waals surface area contributed by atoms with Crippen molar-refractivity contribution in [3.8, 4) is 0 Å². The summed E-state index contributed by atoms with van der Waals surface area (Å²) in [6.07, 6.45) is 9.54. The van der Waals surface area contributed by atoms with E-state index < -0.39 is 5.82 Å². The Kier molecular flexibility index (Phi) is 6.35. The number of allylic oxidation sites excluding steroid dienone is 1. The number of nitrogens with one attached hydrogen (secondary N) is 1. The van der Waals surface area contributed by atoms with Gasteiger partial charge in [-0.3, -0.25) is 4.79 Å². The Hall–Kier alpha value is -3.44. The van der Waals surface area contributed by atoms with Crippen LogP contribution >= 0.6 is 0 Å². The zero-order chi connectivity index (χ0) is 26.4. The lowest BCUT2D eigenvalue weighted by molar-refractivity contribution is 0.0898. The Morgan fingerprint density at radius 1 is 1.11 bits per heavy atom. The first-order chi connectivity index (χ1) is 18.3.